The fraction of sp³-hybridized carbons (Fsp3) is 0.400. The molecule has 0 saturated carbocycles. The summed E-state index contributed by atoms with van der Waals surface area (Å²) in [5.41, 5.74) is 0.801. The second kappa shape index (κ2) is 6.45. The van der Waals surface area contributed by atoms with Crippen molar-refractivity contribution in [2.75, 3.05) is 23.0 Å². The van der Waals surface area contributed by atoms with E-state index in [0.717, 1.165) is 10.6 Å². The molecule has 122 valence electrons. The highest BCUT2D eigenvalue weighted by Crippen LogP contribution is 2.55. The number of amides is 2. The van der Waals surface area contributed by atoms with Gasteiger partial charge in [0.1, 0.15) is 0 Å². The fourth-order valence-corrected chi connectivity index (χ4v) is 4.83. The van der Waals surface area contributed by atoms with Gasteiger partial charge in [-0.1, -0.05) is 23.9 Å². The summed E-state index contributed by atoms with van der Waals surface area (Å²) in [5.74, 6) is -0.529. The van der Waals surface area contributed by atoms with E-state index in [1.807, 2.05) is 24.3 Å². The summed E-state index contributed by atoms with van der Waals surface area (Å²) < 4.78 is 0. The number of carbonyl (C=O) groups excluding carboxylic acids is 2. The van der Waals surface area contributed by atoms with E-state index >= 15 is 0 Å². The van der Waals surface area contributed by atoms with Crippen molar-refractivity contribution in [3.8, 4) is 0 Å². The van der Waals surface area contributed by atoms with Crippen molar-refractivity contribution in [3.63, 3.8) is 0 Å². The van der Waals surface area contributed by atoms with E-state index in [1.54, 1.807) is 4.90 Å². The van der Waals surface area contributed by atoms with Gasteiger partial charge in [-0.2, -0.15) is 0 Å². The van der Waals surface area contributed by atoms with E-state index in [1.165, 1.54) is 23.5 Å². The van der Waals surface area contributed by atoms with Crippen LogP contribution in [0.25, 0.3) is 0 Å². The SMILES string of the molecule is O=C(O)CSCCNC(=O)C12CCC(=O)N1c1ccccc1S2. The predicted octanol–water partition coefficient (Wildman–Crippen LogP) is 1.55. The Kier molecular flexibility index (Phi) is 4.54. The first-order valence-electron chi connectivity index (χ1n) is 7.23. The number of fused-ring (bicyclic) bond motifs is 3. The van der Waals surface area contributed by atoms with Gasteiger partial charge in [-0.05, 0) is 18.6 Å². The van der Waals surface area contributed by atoms with Crippen LogP contribution in [-0.4, -0.2) is 45.8 Å². The second-order valence-corrected chi connectivity index (χ2v) is 7.71. The Bertz CT molecular complexity index is 667. The Balaban J connectivity index is 1.68. The topological polar surface area (TPSA) is 86.7 Å². The van der Waals surface area contributed by atoms with E-state index in [2.05, 4.69) is 5.32 Å². The molecule has 0 aliphatic carbocycles. The van der Waals surface area contributed by atoms with Gasteiger partial charge in [0.2, 0.25) is 5.91 Å². The van der Waals surface area contributed by atoms with E-state index in [9.17, 15) is 14.4 Å². The number of nitrogens with one attached hydrogen (secondary N) is 1. The van der Waals surface area contributed by atoms with Crippen molar-refractivity contribution in [2.45, 2.75) is 22.6 Å². The van der Waals surface area contributed by atoms with Gasteiger partial charge in [-0.15, -0.1) is 11.8 Å². The fourth-order valence-electron chi connectivity index (χ4n) is 2.83. The lowest BCUT2D eigenvalue weighted by Crippen LogP contribution is -2.52. The van der Waals surface area contributed by atoms with Crippen LogP contribution >= 0.6 is 23.5 Å². The molecule has 2 N–H and O–H groups in total. The van der Waals surface area contributed by atoms with E-state index in [0.29, 0.717) is 25.1 Å². The third-order valence-electron chi connectivity index (χ3n) is 3.79. The van der Waals surface area contributed by atoms with Gasteiger partial charge in [0.25, 0.3) is 5.91 Å². The zero-order valence-electron chi connectivity index (χ0n) is 12.3. The average Bonchev–Trinajstić information content (AvgIpc) is 3.03. The normalized spacial score (nSPS) is 21.9. The Labute approximate surface area is 142 Å². The summed E-state index contributed by atoms with van der Waals surface area (Å²) in [6.07, 6.45) is 0.849. The molecule has 1 unspecified atom stereocenters. The van der Waals surface area contributed by atoms with Crippen LogP contribution in [0.15, 0.2) is 29.2 Å². The lowest BCUT2D eigenvalue weighted by atomic mass is 10.2. The van der Waals surface area contributed by atoms with Gasteiger partial charge in [-0.3, -0.25) is 19.3 Å². The lowest BCUT2D eigenvalue weighted by molar-refractivity contribution is -0.134. The van der Waals surface area contributed by atoms with E-state index < -0.39 is 10.8 Å². The average molecular weight is 352 g/mol. The number of nitrogens with zero attached hydrogens (tertiary/aromatic N) is 1. The molecule has 1 saturated heterocycles. The first kappa shape index (κ1) is 16.2. The number of para-hydroxylation sites is 1. The molecule has 8 heteroatoms. The first-order valence-corrected chi connectivity index (χ1v) is 9.21. The van der Waals surface area contributed by atoms with Gasteiger partial charge >= 0.3 is 5.97 Å². The molecule has 0 radical (unpaired) electrons. The molecule has 1 aromatic carbocycles. The van der Waals surface area contributed by atoms with E-state index in [4.69, 9.17) is 5.11 Å². The molecular weight excluding hydrogens is 336 g/mol. The molecule has 2 amide bonds. The number of hydrogen-bond donors (Lipinski definition) is 2. The summed E-state index contributed by atoms with van der Waals surface area (Å²) in [4.78, 5) is 37.1. The number of carbonyl (C=O) groups is 3. The molecule has 2 aliphatic rings. The number of anilines is 1. The molecule has 1 aromatic rings. The summed E-state index contributed by atoms with van der Waals surface area (Å²) >= 11 is 2.68. The Morgan fingerprint density at radius 2 is 2.17 bits per heavy atom. The summed E-state index contributed by atoms with van der Waals surface area (Å²) in [5, 5.41) is 11.4. The molecular formula is C15H16N2O4S2. The summed E-state index contributed by atoms with van der Waals surface area (Å²) in [6, 6.07) is 7.54. The largest absolute Gasteiger partial charge is 0.481 e. The Hall–Kier alpha value is -1.67. The van der Waals surface area contributed by atoms with Gasteiger partial charge in [0.15, 0.2) is 4.87 Å². The monoisotopic (exact) mass is 352 g/mol. The maximum atomic E-state index is 12.7. The van der Waals surface area contributed by atoms with Gasteiger partial charge < -0.3 is 10.4 Å². The number of aliphatic carboxylic acids is 1. The zero-order chi connectivity index (χ0) is 16.4. The molecule has 6 nitrogen and oxygen atoms in total. The van der Waals surface area contributed by atoms with Crippen LogP contribution in [-0.2, 0) is 14.4 Å². The highest BCUT2D eigenvalue weighted by atomic mass is 32.2. The number of hydrogen-bond acceptors (Lipinski definition) is 5. The van der Waals surface area contributed by atoms with Gasteiger partial charge in [0, 0.05) is 23.6 Å². The molecule has 0 bridgehead atoms. The molecule has 2 heterocycles. The van der Waals surface area contributed by atoms with Crippen LogP contribution in [0.2, 0.25) is 0 Å². The predicted molar refractivity (Wildman–Crippen MR) is 89.7 cm³/mol. The standard InChI is InChI=1S/C15H16N2O4S2/c18-12-5-6-15(14(21)16-7-8-22-9-13(19)20)17(12)10-3-1-2-4-11(10)23-15/h1-4H,5-9H2,(H,16,21)(H,19,20). The maximum absolute atomic E-state index is 12.7. The minimum Gasteiger partial charge on any atom is -0.481 e. The molecule has 3 rings (SSSR count). The zero-order valence-corrected chi connectivity index (χ0v) is 13.9. The van der Waals surface area contributed by atoms with Crippen LogP contribution in [0.5, 0.6) is 0 Å². The molecule has 0 spiro atoms. The summed E-state index contributed by atoms with van der Waals surface area (Å²) in [6.45, 7) is 0.386. The minimum absolute atomic E-state index is 0.0197. The van der Waals surface area contributed by atoms with E-state index in [-0.39, 0.29) is 17.6 Å². The van der Waals surface area contributed by atoms with Crippen molar-refractivity contribution in [2.24, 2.45) is 0 Å². The highest BCUT2D eigenvalue weighted by molar-refractivity contribution is 8.02. The molecule has 1 fully saturated rings. The number of thioether (sulfide) groups is 2. The minimum atomic E-state index is -0.891. The molecule has 2 aliphatic heterocycles. The van der Waals surface area contributed by atoms with Gasteiger partial charge in [-0.25, -0.2) is 0 Å². The highest BCUT2D eigenvalue weighted by Gasteiger charge is 2.57. The molecule has 1 atom stereocenters. The number of carboxylic acid groups (broad SMARTS) is 1. The molecule has 0 aromatic heterocycles. The third kappa shape index (κ3) is 2.92. The van der Waals surface area contributed by atoms with Crippen LogP contribution < -0.4 is 10.2 Å². The van der Waals surface area contributed by atoms with Crippen molar-refractivity contribution in [1.82, 2.24) is 5.32 Å². The summed E-state index contributed by atoms with van der Waals surface area (Å²) in [7, 11) is 0. The maximum Gasteiger partial charge on any atom is 0.313 e. The number of benzene rings is 1. The van der Waals surface area contributed by atoms with Crippen molar-refractivity contribution >= 4 is 47.0 Å². The van der Waals surface area contributed by atoms with Crippen LogP contribution in [0, 0.1) is 0 Å². The Morgan fingerprint density at radius 1 is 1.39 bits per heavy atom. The molecule has 23 heavy (non-hydrogen) atoms. The Morgan fingerprint density at radius 3 is 2.96 bits per heavy atom. The van der Waals surface area contributed by atoms with Crippen LogP contribution in [0.1, 0.15) is 12.8 Å². The van der Waals surface area contributed by atoms with Crippen molar-refractivity contribution in [3.05, 3.63) is 24.3 Å². The third-order valence-corrected chi connectivity index (χ3v) is 6.20. The smallest absolute Gasteiger partial charge is 0.313 e. The number of carboxylic acids is 1. The van der Waals surface area contributed by atoms with Crippen LogP contribution in [0.4, 0.5) is 5.69 Å². The second-order valence-electron chi connectivity index (χ2n) is 5.29. The van der Waals surface area contributed by atoms with Gasteiger partial charge in [0.05, 0.1) is 11.4 Å². The van der Waals surface area contributed by atoms with Crippen LogP contribution in [0.3, 0.4) is 0 Å². The van der Waals surface area contributed by atoms with Crippen molar-refractivity contribution in [1.29, 1.82) is 0 Å². The quantitative estimate of drug-likeness (QED) is 0.756. The van der Waals surface area contributed by atoms with Crippen molar-refractivity contribution < 1.29 is 19.5 Å². The lowest BCUT2D eigenvalue weighted by Gasteiger charge is -2.29. The number of rotatable bonds is 6. The first-order chi connectivity index (χ1) is 11.0.